The molecule has 1 aliphatic rings. The smallest absolute Gasteiger partial charge is 0.305 e. The molecule has 0 N–H and O–H groups in total. The lowest BCUT2D eigenvalue weighted by molar-refractivity contribution is -0.143. The van der Waals surface area contributed by atoms with E-state index in [0.29, 0.717) is 19.4 Å². The Balaban J connectivity index is 2.61. The van der Waals surface area contributed by atoms with Crippen LogP contribution >= 0.6 is 0 Å². The second kappa shape index (κ2) is 13.9. The first-order chi connectivity index (χ1) is 14.6. The molecule has 0 spiro atoms. The summed E-state index contributed by atoms with van der Waals surface area (Å²) in [4.78, 5) is 23.7. The van der Waals surface area contributed by atoms with Gasteiger partial charge in [0, 0.05) is 30.4 Å². The molecule has 1 rings (SSSR count). The number of carbonyl (C=O) groups is 2. The van der Waals surface area contributed by atoms with Gasteiger partial charge in [0.2, 0.25) is 0 Å². The highest BCUT2D eigenvalue weighted by molar-refractivity contribution is 6.69. The summed E-state index contributed by atoms with van der Waals surface area (Å²) in [5.74, 6) is 6.87. The quantitative estimate of drug-likeness (QED) is 0.128. The van der Waals surface area contributed by atoms with Gasteiger partial charge >= 0.3 is 5.97 Å². The molecule has 0 aromatic heterocycles. The van der Waals surface area contributed by atoms with Crippen molar-refractivity contribution >= 4 is 20.1 Å². The number of ketones is 1. The molecule has 0 amide bonds. The highest BCUT2D eigenvalue weighted by atomic mass is 28.4. The van der Waals surface area contributed by atoms with Crippen LogP contribution < -0.4 is 0 Å². The van der Waals surface area contributed by atoms with Crippen molar-refractivity contribution in [2.24, 2.45) is 0 Å². The van der Waals surface area contributed by atoms with Crippen molar-refractivity contribution in [2.75, 3.05) is 6.61 Å². The summed E-state index contributed by atoms with van der Waals surface area (Å²) in [5, 5.41) is 0. The molecule has 0 saturated carbocycles. The Morgan fingerprint density at radius 1 is 1.06 bits per heavy atom. The molecule has 4 nitrogen and oxygen atoms in total. The van der Waals surface area contributed by atoms with E-state index in [0.717, 1.165) is 75.4 Å². The van der Waals surface area contributed by atoms with E-state index in [1.165, 1.54) is 0 Å². The second-order valence-corrected chi connectivity index (χ2v) is 14.3. The summed E-state index contributed by atoms with van der Waals surface area (Å²) in [6.07, 6.45) is 10.6. The van der Waals surface area contributed by atoms with Gasteiger partial charge in [0.25, 0.3) is 0 Å². The fraction of sp³-hybridized carbons (Fsp3) is 0.769. The van der Waals surface area contributed by atoms with Crippen LogP contribution in [0, 0.1) is 11.8 Å². The minimum absolute atomic E-state index is 0.113. The molecule has 0 radical (unpaired) electrons. The number of ether oxygens (including phenoxy) is 1. The van der Waals surface area contributed by atoms with Crippen LogP contribution in [-0.4, -0.2) is 32.3 Å². The molecule has 176 valence electrons. The van der Waals surface area contributed by atoms with E-state index < -0.39 is 8.32 Å². The van der Waals surface area contributed by atoms with Crippen LogP contribution in [0.15, 0.2) is 11.1 Å². The maximum Gasteiger partial charge on any atom is 0.305 e. The Bertz CT molecular complexity index is 678. The number of unbranched alkanes of at least 4 members (excludes halogenated alkanes) is 4. The number of allylic oxidation sites excluding steroid dienone is 2. The van der Waals surface area contributed by atoms with Gasteiger partial charge in [-0.2, -0.15) is 0 Å². The van der Waals surface area contributed by atoms with Crippen molar-refractivity contribution in [2.45, 2.75) is 123 Å². The highest BCUT2D eigenvalue weighted by Crippen LogP contribution is 2.29. The predicted octanol–water partition coefficient (Wildman–Crippen LogP) is 6.74. The van der Waals surface area contributed by atoms with Crippen molar-refractivity contribution in [3.8, 4) is 11.8 Å². The first-order valence-corrected chi connectivity index (χ1v) is 15.6. The average molecular weight is 449 g/mol. The zero-order chi connectivity index (χ0) is 23.3. The van der Waals surface area contributed by atoms with Gasteiger partial charge in [0.1, 0.15) is 0 Å². The fourth-order valence-corrected chi connectivity index (χ4v) is 5.75. The van der Waals surface area contributed by atoms with E-state index in [1.807, 2.05) is 6.92 Å². The summed E-state index contributed by atoms with van der Waals surface area (Å²) in [5.41, 5.74) is 1.79. The minimum atomic E-state index is -1.65. The summed E-state index contributed by atoms with van der Waals surface area (Å²) in [6.45, 7) is 13.4. The Hall–Kier alpha value is -1.38. The number of rotatable bonds is 14. The maximum atomic E-state index is 12.3. The van der Waals surface area contributed by atoms with Crippen molar-refractivity contribution in [1.29, 1.82) is 0 Å². The molecule has 0 aliphatic heterocycles. The van der Waals surface area contributed by atoms with Crippen molar-refractivity contribution < 1.29 is 18.8 Å². The third-order valence-electron chi connectivity index (χ3n) is 5.48. The Morgan fingerprint density at radius 2 is 1.77 bits per heavy atom. The van der Waals surface area contributed by atoms with Crippen molar-refractivity contribution in [3.63, 3.8) is 0 Å². The van der Waals surface area contributed by atoms with E-state index >= 15 is 0 Å². The lowest BCUT2D eigenvalue weighted by atomic mass is 9.95. The van der Waals surface area contributed by atoms with Gasteiger partial charge in [-0.05, 0) is 65.6 Å². The van der Waals surface area contributed by atoms with E-state index in [2.05, 4.69) is 45.3 Å². The van der Waals surface area contributed by atoms with E-state index in [1.54, 1.807) is 0 Å². The van der Waals surface area contributed by atoms with Gasteiger partial charge in [0.05, 0.1) is 12.2 Å². The molecular formula is C26H44O4Si. The van der Waals surface area contributed by atoms with Crippen LogP contribution in [-0.2, 0) is 18.8 Å². The summed E-state index contributed by atoms with van der Waals surface area (Å²) in [6, 6.07) is 0. The number of hydrogen-bond acceptors (Lipinski definition) is 4. The number of carbonyl (C=O) groups excluding carboxylic acids is 2. The third kappa shape index (κ3) is 11.7. The monoisotopic (exact) mass is 448 g/mol. The normalized spacial score (nSPS) is 16.1. The highest BCUT2D eigenvalue weighted by Gasteiger charge is 2.30. The summed E-state index contributed by atoms with van der Waals surface area (Å²) < 4.78 is 11.4. The van der Waals surface area contributed by atoms with Crippen LogP contribution in [0.5, 0.6) is 0 Å². The van der Waals surface area contributed by atoms with Crippen LogP contribution in [0.1, 0.15) is 97.8 Å². The molecule has 0 bridgehead atoms. The first kappa shape index (κ1) is 27.7. The Labute approximate surface area is 191 Å². The van der Waals surface area contributed by atoms with Gasteiger partial charge in [-0.25, -0.2) is 0 Å². The molecule has 0 aromatic rings. The van der Waals surface area contributed by atoms with Gasteiger partial charge in [-0.15, -0.1) is 0 Å². The molecule has 0 fully saturated rings. The van der Waals surface area contributed by atoms with E-state index in [-0.39, 0.29) is 17.4 Å². The molecule has 1 aliphatic carbocycles. The molecule has 1 atom stereocenters. The molecular weight excluding hydrogens is 404 g/mol. The Kier molecular flexibility index (Phi) is 12.4. The minimum Gasteiger partial charge on any atom is -0.466 e. The lowest BCUT2D eigenvalue weighted by Gasteiger charge is -2.35. The first-order valence-electron chi connectivity index (χ1n) is 12.2. The van der Waals surface area contributed by atoms with Gasteiger partial charge < -0.3 is 9.16 Å². The van der Waals surface area contributed by atoms with Crippen LogP contribution in [0.4, 0.5) is 0 Å². The van der Waals surface area contributed by atoms with Gasteiger partial charge in [-0.1, -0.05) is 44.4 Å². The molecule has 0 heterocycles. The van der Waals surface area contributed by atoms with E-state index in [4.69, 9.17) is 9.16 Å². The molecule has 0 saturated heterocycles. The lowest BCUT2D eigenvalue weighted by Crippen LogP contribution is -2.40. The maximum absolute atomic E-state index is 12.3. The van der Waals surface area contributed by atoms with Gasteiger partial charge in [0.15, 0.2) is 14.1 Å². The molecule has 1 unspecified atom stereocenters. The third-order valence-corrected chi connectivity index (χ3v) is 6.58. The standard InChI is InChI=1S/C26H44O4Si/c1-7-9-20-26(3,30-31(4,5)6)21-14-15-22-18-19-24(27)23(22)16-12-10-11-13-17-25(28)29-8-2/h7-13,16-21H2,1-6H3. The average Bonchev–Trinajstić information content (AvgIpc) is 3.01. The number of Topliss-reactive ketones (excluding diaryl/α,β-unsaturated/α-hetero) is 1. The van der Waals surface area contributed by atoms with Crippen LogP contribution in [0.25, 0.3) is 0 Å². The Morgan fingerprint density at radius 3 is 2.42 bits per heavy atom. The number of esters is 1. The number of hydrogen-bond donors (Lipinski definition) is 0. The largest absolute Gasteiger partial charge is 0.466 e. The predicted molar refractivity (Wildman–Crippen MR) is 130 cm³/mol. The fourth-order valence-electron chi connectivity index (χ4n) is 4.10. The molecule has 31 heavy (non-hydrogen) atoms. The zero-order valence-corrected chi connectivity index (χ0v) is 21.8. The van der Waals surface area contributed by atoms with Crippen molar-refractivity contribution in [3.05, 3.63) is 11.1 Å². The van der Waals surface area contributed by atoms with Crippen LogP contribution in [0.2, 0.25) is 19.6 Å². The zero-order valence-electron chi connectivity index (χ0n) is 20.8. The van der Waals surface area contributed by atoms with E-state index in [9.17, 15) is 9.59 Å². The van der Waals surface area contributed by atoms with Crippen LogP contribution in [0.3, 0.4) is 0 Å². The van der Waals surface area contributed by atoms with Crippen molar-refractivity contribution in [1.82, 2.24) is 0 Å². The molecule has 5 heteroatoms. The summed E-state index contributed by atoms with van der Waals surface area (Å²) in [7, 11) is -1.65. The second-order valence-electron chi connectivity index (χ2n) is 9.85. The van der Waals surface area contributed by atoms with Gasteiger partial charge in [-0.3, -0.25) is 9.59 Å². The SMILES string of the molecule is CCCCC(C)(CC#CC1=C(CCCCCCC(=O)OCC)C(=O)CC1)O[Si](C)(C)C. The topological polar surface area (TPSA) is 52.6 Å². The summed E-state index contributed by atoms with van der Waals surface area (Å²) >= 11 is 0. The molecule has 0 aromatic carbocycles.